The Labute approximate surface area is 137 Å². The molecule has 5 heteroatoms. The summed E-state index contributed by atoms with van der Waals surface area (Å²) in [6.45, 7) is 1.02. The summed E-state index contributed by atoms with van der Waals surface area (Å²) in [6, 6.07) is 10.9. The fourth-order valence-corrected chi connectivity index (χ4v) is 3.72. The molecule has 2 aliphatic rings. The van der Waals surface area contributed by atoms with Gasteiger partial charge in [-0.1, -0.05) is 30.3 Å². The van der Waals surface area contributed by atoms with Crippen molar-refractivity contribution in [3.63, 3.8) is 0 Å². The summed E-state index contributed by atoms with van der Waals surface area (Å²) in [5.74, 6) is 3.03. The normalized spacial score (nSPS) is 23.0. The van der Waals surface area contributed by atoms with Gasteiger partial charge in [-0.25, -0.2) is 0 Å². The Kier molecular flexibility index (Phi) is 6.40. The lowest BCUT2D eigenvalue weighted by Gasteiger charge is -2.24. The highest BCUT2D eigenvalue weighted by Crippen LogP contribution is 2.40. The highest BCUT2D eigenvalue weighted by Gasteiger charge is 2.33. The third-order valence-corrected chi connectivity index (χ3v) is 5.13. The van der Waals surface area contributed by atoms with E-state index in [0.29, 0.717) is 18.4 Å². The molecule has 0 spiro atoms. The maximum Gasteiger partial charge on any atom is 0.222 e. The largest absolute Gasteiger partial charge is 0.349 e. The van der Waals surface area contributed by atoms with E-state index < -0.39 is 0 Å². The van der Waals surface area contributed by atoms with Crippen LogP contribution in [0, 0.1) is 5.92 Å². The Balaban J connectivity index is 0.00000161. The van der Waals surface area contributed by atoms with Crippen molar-refractivity contribution >= 4 is 30.1 Å². The molecule has 1 heterocycles. The molecular formula is C16H23ClN2OS. The van der Waals surface area contributed by atoms with Crippen LogP contribution >= 0.6 is 24.2 Å². The Morgan fingerprint density at radius 2 is 2.10 bits per heavy atom. The number of nitrogens with one attached hydrogen (secondary N) is 2. The van der Waals surface area contributed by atoms with Gasteiger partial charge in [0.25, 0.3) is 0 Å². The van der Waals surface area contributed by atoms with Crippen molar-refractivity contribution in [3.05, 3.63) is 35.9 Å². The van der Waals surface area contributed by atoms with Crippen molar-refractivity contribution in [2.75, 3.05) is 18.1 Å². The van der Waals surface area contributed by atoms with Gasteiger partial charge in [0, 0.05) is 30.5 Å². The van der Waals surface area contributed by atoms with Gasteiger partial charge < -0.3 is 10.6 Å². The van der Waals surface area contributed by atoms with Crippen molar-refractivity contribution in [1.82, 2.24) is 10.6 Å². The second-order valence-electron chi connectivity index (χ2n) is 5.72. The number of halogens is 1. The number of carbonyl (C=O) groups excluding carboxylic acids is 1. The summed E-state index contributed by atoms with van der Waals surface area (Å²) >= 11 is 1.94. The topological polar surface area (TPSA) is 41.1 Å². The number of benzene rings is 1. The number of amides is 1. The van der Waals surface area contributed by atoms with Crippen molar-refractivity contribution in [2.24, 2.45) is 5.92 Å². The zero-order chi connectivity index (χ0) is 13.8. The molecule has 2 fully saturated rings. The van der Waals surface area contributed by atoms with Gasteiger partial charge in [0.1, 0.15) is 0 Å². The summed E-state index contributed by atoms with van der Waals surface area (Å²) in [4.78, 5) is 12.3. The molecule has 1 amide bonds. The van der Waals surface area contributed by atoms with Crippen LogP contribution in [-0.4, -0.2) is 30.0 Å². The molecule has 3 nitrogen and oxygen atoms in total. The van der Waals surface area contributed by atoms with E-state index in [2.05, 4.69) is 34.9 Å². The van der Waals surface area contributed by atoms with Gasteiger partial charge in [-0.15, -0.1) is 12.4 Å². The van der Waals surface area contributed by atoms with Crippen LogP contribution in [0.2, 0.25) is 0 Å². The molecule has 1 aliphatic carbocycles. The molecule has 116 valence electrons. The first-order valence-electron chi connectivity index (χ1n) is 7.48. The van der Waals surface area contributed by atoms with E-state index in [9.17, 15) is 4.79 Å². The van der Waals surface area contributed by atoms with E-state index in [-0.39, 0.29) is 24.4 Å². The second kappa shape index (κ2) is 8.06. The average molecular weight is 327 g/mol. The summed E-state index contributed by atoms with van der Waals surface area (Å²) in [7, 11) is 0. The maximum absolute atomic E-state index is 12.3. The number of hydrogen-bond acceptors (Lipinski definition) is 3. The van der Waals surface area contributed by atoms with Gasteiger partial charge in [-0.3, -0.25) is 4.79 Å². The van der Waals surface area contributed by atoms with E-state index in [1.807, 2.05) is 17.8 Å². The second-order valence-corrected chi connectivity index (χ2v) is 6.87. The lowest BCUT2D eigenvalue weighted by molar-refractivity contribution is -0.122. The fourth-order valence-electron chi connectivity index (χ4n) is 2.77. The molecule has 2 N–H and O–H groups in total. The lowest BCUT2D eigenvalue weighted by Crippen LogP contribution is -2.42. The number of carbonyl (C=O) groups is 1. The van der Waals surface area contributed by atoms with Crippen molar-refractivity contribution in [1.29, 1.82) is 0 Å². The van der Waals surface area contributed by atoms with Gasteiger partial charge in [0.2, 0.25) is 5.91 Å². The van der Waals surface area contributed by atoms with Crippen LogP contribution in [0.5, 0.6) is 0 Å². The molecular weight excluding hydrogens is 304 g/mol. The van der Waals surface area contributed by atoms with Crippen LogP contribution in [0.15, 0.2) is 30.3 Å². The third-order valence-electron chi connectivity index (χ3n) is 4.00. The molecule has 1 saturated carbocycles. The number of hydrogen-bond donors (Lipinski definition) is 2. The lowest BCUT2D eigenvalue weighted by atomic mass is 10.0. The van der Waals surface area contributed by atoms with E-state index in [1.54, 1.807) is 0 Å². The number of rotatable bonds is 5. The first-order chi connectivity index (χ1) is 9.83. The standard InChI is InChI=1S/C16H22N2OS.ClH/c19-15(10-14-11-20-9-8-17-14)18-16(13-6-7-13)12-4-2-1-3-5-12;/h1-5,13-14,16-17H,6-11H2,(H,18,19);1H. The highest BCUT2D eigenvalue weighted by atomic mass is 35.5. The third kappa shape index (κ3) is 4.90. The summed E-state index contributed by atoms with van der Waals surface area (Å²) in [6.07, 6.45) is 3.07. The molecule has 21 heavy (non-hydrogen) atoms. The van der Waals surface area contributed by atoms with Crippen LogP contribution in [0.1, 0.15) is 30.9 Å². The van der Waals surface area contributed by atoms with Crippen LogP contribution in [-0.2, 0) is 4.79 Å². The van der Waals surface area contributed by atoms with E-state index in [1.165, 1.54) is 18.4 Å². The minimum Gasteiger partial charge on any atom is -0.349 e. The summed E-state index contributed by atoms with van der Waals surface area (Å²) in [5.41, 5.74) is 1.24. The molecule has 1 aliphatic heterocycles. The monoisotopic (exact) mass is 326 g/mol. The minimum atomic E-state index is 0. The fraction of sp³-hybridized carbons (Fsp3) is 0.562. The van der Waals surface area contributed by atoms with Crippen molar-refractivity contribution in [3.8, 4) is 0 Å². The van der Waals surface area contributed by atoms with Gasteiger partial charge in [-0.05, 0) is 24.3 Å². The SMILES string of the molecule is Cl.O=C(CC1CSCCN1)NC(c1ccccc1)C1CC1. The average Bonchev–Trinajstić information content (AvgIpc) is 3.31. The van der Waals surface area contributed by atoms with Gasteiger partial charge in [0.15, 0.2) is 0 Å². The molecule has 0 aromatic heterocycles. The Morgan fingerprint density at radius 3 is 2.71 bits per heavy atom. The Morgan fingerprint density at radius 1 is 1.33 bits per heavy atom. The highest BCUT2D eigenvalue weighted by molar-refractivity contribution is 7.99. The van der Waals surface area contributed by atoms with E-state index >= 15 is 0 Å². The molecule has 2 atom stereocenters. The first-order valence-corrected chi connectivity index (χ1v) is 8.64. The van der Waals surface area contributed by atoms with Crippen LogP contribution in [0.3, 0.4) is 0 Å². The molecule has 1 aromatic carbocycles. The van der Waals surface area contributed by atoms with Crippen LogP contribution < -0.4 is 10.6 Å². The zero-order valence-corrected chi connectivity index (χ0v) is 13.7. The molecule has 0 bridgehead atoms. The predicted octanol–water partition coefficient (Wildman–Crippen LogP) is 2.77. The van der Waals surface area contributed by atoms with Gasteiger partial charge in [-0.2, -0.15) is 11.8 Å². The minimum absolute atomic E-state index is 0. The van der Waals surface area contributed by atoms with Crippen molar-refractivity contribution in [2.45, 2.75) is 31.3 Å². The number of thioether (sulfide) groups is 1. The quantitative estimate of drug-likeness (QED) is 0.874. The van der Waals surface area contributed by atoms with Gasteiger partial charge >= 0.3 is 0 Å². The Bertz CT molecular complexity index is 447. The van der Waals surface area contributed by atoms with Gasteiger partial charge in [0.05, 0.1) is 6.04 Å². The molecule has 2 unspecified atom stereocenters. The first kappa shape index (κ1) is 16.7. The van der Waals surface area contributed by atoms with Crippen molar-refractivity contribution < 1.29 is 4.79 Å². The molecule has 1 aromatic rings. The van der Waals surface area contributed by atoms with Crippen LogP contribution in [0.4, 0.5) is 0 Å². The molecule has 1 saturated heterocycles. The zero-order valence-electron chi connectivity index (χ0n) is 12.1. The smallest absolute Gasteiger partial charge is 0.222 e. The van der Waals surface area contributed by atoms with E-state index in [4.69, 9.17) is 0 Å². The summed E-state index contributed by atoms with van der Waals surface area (Å²) < 4.78 is 0. The molecule has 3 rings (SSSR count). The van der Waals surface area contributed by atoms with E-state index in [0.717, 1.165) is 18.1 Å². The summed E-state index contributed by atoms with van der Waals surface area (Å²) in [5, 5.41) is 6.68. The maximum atomic E-state index is 12.3. The predicted molar refractivity (Wildman–Crippen MR) is 91.0 cm³/mol. The Hall–Kier alpha value is -0.710. The van der Waals surface area contributed by atoms with Crippen LogP contribution in [0.25, 0.3) is 0 Å². The molecule has 0 radical (unpaired) electrons.